The minimum absolute atomic E-state index is 0.0503. The smallest absolute Gasteiger partial charge is 0.244 e. The summed E-state index contributed by atoms with van der Waals surface area (Å²) in [6.45, 7) is 1.21. The third kappa shape index (κ3) is 3.21. The van der Waals surface area contributed by atoms with E-state index in [0.717, 1.165) is 37.7 Å². The molecule has 0 aromatic heterocycles. The molecule has 0 bridgehead atoms. The number of carbonyl (C=O) groups is 2. The van der Waals surface area contributed by atoms with Gasteiger partial charge in [-0.15, -0.1) is 0 Å². The van der Waals surface area contributed by atoms with E-state index in [1.165, 1.54) is 5.56 Å². The van der Waals surface area contributed by atoms with Gasteiger partial charge in [0.25, 0.3) is 0 Å². The van der Waals surface area contributed by atoms with Crippen molar-refractivity contribution in [2.75, 3.05) is 13.1 Å². The first-order valence-electron chi connectivity index (χ1n) is 11.1. The fourth-order valence-electron chi connectivity index (χ4n) is 5.70. The van der Waals surface area contributed by atoms with Crippen molar-refractivity contribution in [1.82, 2.24) is 15.1 Å². The van der Waals surface area contributed by atoms with Gasteiger partial charge in [-0.05, 0) is 36.8 Å². The van der Waals surface area contributed by atoms with Crippen LogP contribution in [-0.2, 0) is 22.4 Å². The number of nitrogens with zero attached hydrogens (tertiary/aromatic N) is 2. The second-order valence-electron chi connectivity index (χ2n) is 8.81. The van der Waals surface area contributed by atoms with Crippen LogP contribution in [0.15, 0.2) is 60.7 Å². The van der Waals surface area contributed by atoms with Crippen LogP contribution in [0.1, 0.15) is 36.8 Å². The van der Waals surface area contributed by atoms with E-state index in [4.69, 9.17) is 0 Å². The number of fused-ring (bicyclic) bond motifs is 2. The number of rotatable bonds is 5. The fraction of sp³-hybridized carbons (Fsp3) is 0.440. The summed E-state index contributed by atoms with van der Waals surface area (Å²) in [5.74, 6) is 0.287. The van der Waals surface area contributed by atoms with E-state index in [2.05, 4.69) is 39.4 Å². The van der Waals surface area contributed by atoms with Crippen LogP contribution in [0.3, 0.4) is 0 Å². The second-order valence-corrected chi connectivity index (χ2v) is 8.81. The zero-order valence-corrected chi connectivity index (χ0v) is 17.3. The van der Waals surface area contributed by atoms with Gasteiger partial charge in [-0.2, -0.15) is 0 Å². The quantitative estimate of drug-likeness (QED) is 0.835. The molecule has 2 saturated heterocycles. The number of hydrogen-bond acceptors (Lipinski definition) is 3. The van der Waals surface area contributed by atoms with Crippen molar-refractivity contribution in [1.29, 1.82) is 0 Å². The Morgan fingerprint density at radius 1 is 0.900 bits per heavy atom. The van der Waals surface area contributed by atoms with E-state index in [0.29, 0.717) is 19.5 Å². The molecule has 3 fully saturated rings. The lowest BCUT2D eigenvalue weighted by molar-refractivity contribution is -0.136. The minimum Gasteiger partial charge on any atom is -0.351 e. The first kappa shape index (κ1) is 19.3. The molecule has 3 aliphatic rings. The molecule has 5 heteroatoms. The zero-order chi connectivity index (χ0) is 20.6. The molecular formula is C25H29N3O2. The molecule has 1 saturated carbocycles. The van der Waals surface area contributed by atoms with Gasteiger partial charge in [-0.1, -0.05) is 73.5 Å². The third-order valence-electron chi connectivity index (χ3n) is 7.12. The Morgan fingerprint density at radius 3 is 2.20 bits per heavy atom. The van der Waals surface area contributed by atoms with E-state index in [1.54, 1.807) is 0 Å². The highest BCUT2D eigenvalue weighted by Crippen LogP contribution is 2.46. The molecule has 1 N–H and O–H groups in total. The number of carbonyl (C=O) groups excluding carboxylic acids is 2. The first-order chi connectivity index (χ1) is 14.7. The monoisotopic (exact) mass is 403 g/mol. The van der Waals surface area contributed by atoms with Crippen LogP contribution >= 0.6 is 0 Å². The molecule has 1 spiro atoms. The lowest BCUT2D eigenvalue weighted by atomic mass is 9.90. The number of piperazine rings is 1. The topological polar surface area (TPSA) is 52.7 Å². The fourth-order valence-corrected chi connectivity index (χ4v) is 5.70. The largest absolute Gasteiger partial charge is 0.351 e. The average Bonchev–Trinajstić information content (AvgIpc) is 3.35. The van der Waals surface area contributed by atoms with E-state index in [9.17, 15) is 9.59 Å². The van der Waals surface area contributed by atoms with Gasteiger partial charge >= 0.3 is 0 Å². The van der Waals surface area contributed by atoms with Crippen molar-refractivity contribution in [3.63, 3.8) is 0 Å². The Kier molecular flexibility index (Phi) is 5.07. The highest BCUT2D eigenvalue weighted by atomic mass is 16.2. The Balaban J connectivity index is 1.45. The van der Waals surface area contributed by atoms with Crippen molar-refractivity contribution in [3.8, 4) is 0 Å². The van der Waals surface area contributed by atoms with Crippen LogP contribution < -0.4 is 5.32 Å². The summed E-state index contributed by atoms with van der Waals surface area (Å²) in [6.07, 6.45) is 5.27. The van der Waals surface area contributed by atoms with Gasteiger partial charge in [-0.25, -0.2) is 0 Å². The summed E-state index contributed by atoms with van der Waals surface area (Å²) in [6, 6.07) is 20.2. The molecule has 2 amide bonds. The van der Waals surface area contributed by atoms with Crippen molar-refractivity contribution >= 4 is 11.8 Å². The predicted molar refractivity (Wildman–Crippen MR) is 116 cm³/mol. The molecule has 2 atom stereocenters. The molecule has 2 heterocycles. The Hall–Kier alpha value is -2.66. The summed E-state index contributed by atoms with van der Waals surface area (Å²) in [7, 11) is 0. The summed E-state index contributed by atoms with van der Waals surface area (Å²) < 4.78 is 0. The van der Waals surface area contributed by atoms with Gasteiger partial charge in [-0.3, -0.25) is 14.5 Å². The zero-order valence-electron chi connectivity index (χ0n) is 17.3. The number of amides is 2. The van der Waals surface area contributed by atoms with Gasteiger partial charge in [0.05, 0.1) is 12.6 Å². The van der Waals surface area contributed by atoms with Gasteiger partial charge < -0.3 is 10.2 Å². The molecular weight excluding hydrogens is 374 g/mol. The molecule has 0 unspecified atom stereocenters. The van der Waals surface area contributed by atoms with Crippen LogP contribution in [-0.4, -0.2) is 52.5 Å². The van der Waals surface area contributed by atoms with Gasteiger partial charge in [0.1, 0.15) is 11.7 Å². The molecule has 5 nitrogen and oxygen atoms in total. The lowest BCUT2D eigenvalue weighted by Gasteiger charge is -2.44. The van der Waals surface area contributed by atoms with Gasteiger partial charge in [0.15, 0.2) is 0 Å². The van der Waals surface area contributed by atoms with E-state index in [1.807, 2.05) is 36.4 Å². The van der Waals surface area contributed by atoms with Gasteiger partial charge in [0.2, 0.25) is 11.8 Å². The van der Waals surface area contributed by atoms with E-state index in [-0.39, 0.29) is 24.0 Å². The van der Waals surface area contributed by atoms with Crippen LogP contribution in [0, 0.1) is 0 Å². The molecule has 5 rings (SSSR count). The molecule has 2 aliphatic heterocycles. The predicted octanol–water partition coefficient (Wildman–Crippen LogP) is 2.75. The maximum absolute atomic E-state index is 13.8. The Bertz CT molecular complexity index is 909. The highest BCUT2D eigenvalue weighted by Gasteiger charge is 2.62. The Morgan fingerprint density at radius 2 is 1.53 bits per heavy atom. The van der Waals surface area contributed by atoms with E-state index < -0.39 is 5.54 Å². The molecule has 1 aliphatic carbocycles. The molecule has 2 aromatic rings. The molecule has 2 aromatic carbocycles. The van der Waals surface area contributed by atoms with E-state index >= 15 is 0 Å². The summed E-state index contributed by atoms with van der Waals surface area (Å²) in [5, 5.41) is 3.10. The average molecular weight is 404 g/mol. The third-order valence-corrected chi connectivity index (χ3v) is 7.12. The maximum Gasteiger partial charge on any atom is 0.244 e. The Labute approximate surface area is 178 Å². The molecule has 156 valence electrons. The normalized spacial score (nSPS) is 25.5. The van der Waals surface area contributed by atoms with Crippen LogP contribution in [0.4, 0.5) is 0 Å². The standard InChI is InChI=1S/C25H29N3O2/c29-23-21(17-20-11-5-2-6-12-20)28-22(18-26-23)27(16-13-19-9-3-1-4-10-19)24(30)25(28)14-7-8-15-25/h1-6,9-12,21-22H,7-8,13-18H2,(H,26,29)/t21-,22+/m0/s1. The SMILES string of the molecule is O=C1NC[C@@H]2N(CCc3ccccc3)C(=O)C3(CCCC3)N2[C@H]1Cc1ccccc1. The first-order valence-corrected chi connectivity index (χ1v) is 11.1. The summed E-state index contributed by atoms with van der Waals surface area (Å²) >= 11 is 0. The second kappa shape index (κ2) is 7.88. The summed E-state index contributed by atoms with van der Waals surface area (Å²) in [5.41, 5.74) is 1.88. The number of hydrogen-bond donors (Lipinski definition) is 1. The van der Waals surface area contributed by atoms with Crippen molar-refractivity contribution in [3.05, 3.63) is 71.8 Å². The lowest BCUT2D eigenvalue weighted by Crippen LogP contribution is -2.66. The molecule has 0 radical (unpaired) electrons. The van der Waals surface area contributed by atoms with Crippen LogP contribution in [0.5, 0.6) is 0 Å². The van der Waals surface area contributed by atoms with Gasteiger partial charge in [0, 0.05) is 6.54 Å². The van der Waals surface area contributed by atoms with Crippen molar-refractivity contribution in [2.45, 2.75) is 56.3 Å². The minimum atomic E-state index is -0.501. The van der Waals surface area contributed by atoms with Crippen molar-refractivity contribution < 1.29 is 9.59 Å². The number of nitrogens with one attached hydrogen (secondary N) is 1. The maximum atomic E-state index is 13.8. The molecule has 30 heavy (non-hydrogen) atoms. The van der Waals surface area contributed by atoms with Crippen LogP contribution in [0.2, 0.25) is 0 Å². The van der Waals surface area contributed by atoms with Crippen LogP contribution in [0.25, 0.3) is 0 Å². The highest BCUT2D eigenvalue weighted by molar-refractivity contribution is 5.92. The summed E-state index contributed by atoms with van der Waals surface area (Å²) in [4.78, 5) is 31.1. The number of benzene rings is 2. The van der Waals surface area contributed by atoms with Crippen molar-refractivity contribution in [2.24, 2.45) is 0 Å².